The van der Waals surface area contributed by atoms with Gasteiger partial charge in [-0.05, 0) is 32.9 Å². The maximum Gasteiger partial charge on any atom is 0.262 e. The van der Waals surface area contributed by atoms with Crippen molar-refractivity contribution < 1.29 is 9.53 Å². The summed E-state index contributed by atoms with van der Waals surface area (Å²) in [6, 6.07) is 5.83. The van der Waals surface area contributed by atoms with Gasteiger partial charge in [0.15, 0.2) is 11.6 Å². The van der Waals surface area contributed by atoms with Gasteiger partial charge in [0.05, 0.1) is 17.9 Å². The number of aryl methyl sites for hydroxylation is 1. The number of imidazole rings is 1. The van der Waals surface area contributed by atoms with Gasteiger partial charge in [-0.3, -0.25) is 4.79 Å². The Kier molecular flexibility index (Phi) is 6.73. The third-order valence-electron chi connectivity index (χ3n) is 4.80. The van der Waals surface area contributed by atoms with Crippen LogP contribution in [0.5, 0.6) is 5.75 Å². The molecule has 1 fully saturated rings. The number of piperazine rings is 1. The maximum absolute atomic E-state index is 12.9. The van der Waals surface area contributed by atoms with Crippen LogP contribution in [0.15, 0.2) is 30.6 Å². The van der Waals surface area contributed by atoms with E-state index >= 15 is 0 Å². The van der Waals surface area contributed by atoms with Crippen molar-refractivity contribution in [1.82, 2.24) is 24.9 Å². The molecule has 1 atom stereocenters. The standard InChI is InChI=1S/C20H25N7O2.ClH/c1-4-29-16-9-19-22-14(3)11-27(19)12-15(16)20(28)23-17-5-6-18(25-24-17)26-8-7-21-13(2)10-26;/h5-6,9,11-13,21H,4,7-8,10H2,1-3H3,(H,23,24,28);1H/t13-;/m0./s1. The summed E-state index contributed by atoms with van der Waals surface area (Å²) in [5.74, 6) is 1.38. The number of carbonyl (C=O) groups is 1. The molecule has 160 valence electrons. The van der Waals surface area contributed by atoms with Gasteiger partial charge in [0, 0.05) is 44.1 Å². The first kappa shape index (κ1) is 21.8. The number of rotatable bonds is 5. The number of aromatic nitrogens is 4. The van der Waals surface area contributed by atoms with E-state index in [1.165, 1.54) is 0 Å². The predicted octanol–water partition coefficient (Wildman–Crippen LogP) is 2.30. The lowest BCUT2D eigenvalue weighted by atomic mass is 10.2. The normalized spacial score (nSPS) is 16.2. The number of fused-ring (bicyclic) bond motifs is 1. The predicted molar refractivity (Wildman–Crippen MR) is 118 cm³/mol. The van der Waals surface area contributed by atoms with E-state index in [0.717, 1.165) is 36.8 Å². The van der Waals surface area contributed by atoms with Crippen LogP contribution in [0, 0.1) is 6.92 Å². The van der Waals surface area contributed by atoms with E-state index in [-0.39, 0.29) is 18.3 Å². The Morgan fingerprint density at radius 3 is 2.87 bits per heavy atom. The second kappa shape index (κ2) is 9.27. The summed E-state index contributed by atoms with van der Waals surface area (Å²) in [6.07, 6.45) is 3.59. The minimum absolute atomic E-state index is 0. The zero-order valence-corrected chi connectivity index (χ0v) is 18.1. The summed E-state index contributed by atoms with van der Waals surface area (Å²) >= 11 is 0. The first-order chi connectivity index (χ1) is 14.0. The van der Waals surface area contributed by atoms with Gasteiger partial charge >= 0.3 is 0 Å². The lowest BCUT2D eigenvalue weighted by Gasteiger charge is -2.32. The molecule has 0 aliphatic carbocycles. The molecule has 0 saturated carbocycles. The SMILES string of the molecule is CCOc1cc2nc(C)cn2cc1C(=O)Nc1ccc(N2CCN[C@@H](C)C2)nn1.Cl. The van der Waals surface area contributed by atoms with Crippen LogP contribution in [-0.2, 0) is 0 Å². The minimum atomic E-state index is -0.306. The van der Waals surface area contributed by atoms with Crippen LogP contribution in [0.25, 0.3) is 5.65 Å². The third-order valence-corrected chi connectivity index (χ3v) is 4.80. The number of pyridine rings is 1. The summed E-state index contributed by atoms with van der Waals surface area (Å²) in [7, 11) is 0. The molecule has 1 saturated heterocycles. The van der Waals surface area contributed by atoms with Crippen LogP contribution in [-0.4, -0.2) is 57.8 Å². The van der Waals surface area contributed by atoms with E-state index in [2.05, 4.69) is 37.6 Å². The lowest BCUT2D eigenvalue weighted by Crippen LogP contribution is -2.49. The van der Waals surface area contributed by atoms with Gasteiger partial charge in [0.1, 0.15) is 11.4 Å². The molecule has 1 aliphatic heterocycles. The molecule has 1 amide bonds. The van der Waals surface area contributed by atoms with Gasteiger partial charge in [0.2, 0.25) is 0 Å². The summed E-state index contributed by atoms with van der Waals surface area (Å²) in [6.45, 7) is 9.05. The van der Waals surface area contributed by atoms with Gasteiger partial charge in [0.25, 0.3) is 5.91 Å². The fraction of sp³-hybridized carbons (Fsp3) is 0.400. The van der Waals surface area contributed by atoms with Gasteiger partial charge in [-0.25, -0.2) is 4.98 Å². The van der Waals surface area contributed by atoms with Gasteiger partial charge in [-0.15, -0.1) is 22.6 Å². The van der Waals surface area contributed by atoms with Crippen molar-refractivity contribution in [1.29, 1.82) is 0 Å². The molecule has 1 aliphatic rings. The quantitative estimate of drug-likeness (QED) is 0.639. The van der Waals surface area contributed by atoms with Crippen molar-refractivity contribution in [2.75, 3.05) is 36.5 Å². The number of ether oxygens (including phenoxy) is 1. The Labute approximate surface area is 181 Å². The summed E-state index contributed by atoms with van der Waals surface area (Å²) in [5.41, 5.74) is 2.02. The molecule has 0 bridgehead atoms. The number of amides is 1. The van der Waals surface area contributed by atoms with Crippen molar-refractivity contribution in [2.45, 2.75) is 26.8 Å². The molecule has 3 aromatic rings. The molecule has 0 radical (unpaired) electrons. The number of hydrogen-bond acceptors (Lipinski definition) is 7. The molecule has 9 nitrogen and oxygen atoms in total. The highest BCUT2D eigenvalue weighted by molar-refractivity contribution is 6.05. The highest BCUT2D eigenvalue weighted by Crippen LogP contribution is 2.23. The zero-order valence-electron chi connectivity index (χ0n) is 17.3. The van der Waals surface area contributed by atoms with E-state index < -0.39 is 0 Å². The third kappa shape index (κ3) is 4.63. The Hall–Kier alpha value is -2.91. The minimum Gasteiger partial charge on any atom is -0.493 e. The molecule has 3 aromatic heterocycles. The average Bonchev–Trinajstić information content (AvgIpc) is 3.07. The monoisotopic (exact) mass is 431 g/mol. The van der Waals surface area contributed by atoms with Crippen molar-refractivity contribution in [2.24, 2.45) is 0 Å². The van der Waals surface area contributed by atoms with Crippen LogP contribution in [0.2, 0.25) is 0 Å². The van der Waals surface area contributed by atoms with E-state index in [1.807, 2.05) is 30.5 Å². The Balaban J connectivity index is 0.00000256. The van der Waals surface area contributed by atoms with Crippen LogP contribution in [0.3, 0.4) is 0 Å². The van der Waals surface area contributed by atoms with Crippen LogP contribution in [0.1, 0.15) is 29.9 Å². The average molecular weight is 432 g/mol. The first-order valence-corrected chi connectivity index (χ1v) is 9.79. The highest BCUT2D eigenvalue weighted by atomic mass is 35.5. The Morgan fingerprint density at radius 1 is 1.33 bits per heavy atom. The van der Waals surface area contributed by atoms with E-state index in [1.54, 1.807) is 18.3 Å². The highest BCUT2D eigenvalue weighted by Gasteiger charge is 2.19. The number of hydrogen-bond donors (Lipinski definition) is 2. The van der Waals surface area contributed by atoms with Crippen molar-refractivity contribution in [3.05, 3.63) is 41.9 Å². The molecule has 0 aromatic carbocycles. The molecule has 0 unspecified atom stereocenters. The Bertz CT molecular complexity index is 1020. The lowest BCUT2D eigenvalue weighted by molar-refractivity contribution is 0.102. The molecule has 2 N–H and O–H groups in total. The second-order valence-corrected chi connectivity index (χ2v) is 7.16. The smallest absolute Gasteiger partial charge is 0.262 e. The number of nitrogens with zero attached hydrogens (tertiary/aromatic N) is 5. The van der Waals surface area contributed by atoms with E-state index in [4.69, 9.17) is 4.74 Å². The largest absolute Gasteiger partial charge is 0.493 e. The van der Waals surface area contributed by atoms with Crippen LogP contribution < -0.4 is 20.3 Å². The summed E-state index contributed by atoms with van der Waals surface area (Å²) in [4.78, 5) is 19.5. The first-order valence-electron chi connectivity index (χ1n) is 9.79. The van der Waals surface area contributed by atoms with E-state index in [9.17, 15) is 4.79 Å². The number of anilines is 2. The zero-order chi connectivity index (χ0) is 20.4. The van der Waals surface area contributed by atoms with Crippen molar-refractivity contribution >= 4 is 35.6 Å². The number of halogens is 1. The second-order valence-electron chi connectivity index (χ2n) is 7.16. The molecular weight excluding hydrogens is 406 g/mol. The van der Waals surface area contributed by atoms with Crippen LogP contribution >= 0.6 is 12.4 Å². The molecule has 30 heavy (non-hydrogen) atoms. The van der Waals surface area contributed by atoms with E-state index in [0.29, 0.717) is 29.8 Å². The maximum atomic E-state index is 12.9. The molecule has 4 heterocycles. The molecule has 4 rings (SSSR count). The molecule has 10 heteroatoms. The van der Waals surface area contributed by atoms with Crippen LogP contribution in [0.4, 0.5) is 11.6 Å². The summed E-state index contributed by atoms with van der Waals surface area (Å²) in [5, 5.41) is 14.7. The molecule has 0 spiro atoms. The van der Waals surface area contributed by atoms with Crippen molar-refractivity contribution in [3.8, 4) is 5.75 Å². The van der Waals surface area contributed by atoms with Gasteiger partial charge < -0.3 is 24.7 Å². The fourth-order valence-corrected chi connectivity index (χ4v) is 3.47. The van der Waals surface area contributed by atoms with Crippen molar-refractivity contribution in [3.63, 3.8) is 0 Å². The Morgan fingerprint density at radius 2 is 2.17 bits per heavy atom. The fourth-order valence-electron chi connectivity index (χ4n) is 3.47. The summed E-state index contributed by atoms with van der Waals surface area (Å²) < 4.78 is 7.47. The number of carbonyl (C=O) groups excluding carboxylic acids is 1. The molecular formula is C20H26ClN7O2. The van der Waals surface area contributed by atoms with Gasteiger partial charge in [-0.2, -0.15) is 0 Å². The topological polar surface area (TPSA) is 96.7 Å². The number of nitrogens with one attached hydrogen (secondary N) is 2. The van der Waals surface area contributed by atoms with Gasteiger partial charge in [-0.1, -0.05) is 0 Å².